The zero-order valence-corrected chi connectivity index (χ0v) is 13.1. The van der Waals surface area contributed by atoms with Gasteiger partial charge >= 0.3 is 0 Å². The minimum atomic E-state index is -0.175. The van der Waals surface area contributed by atoms with Gasteiger partial charge in [0.1, 0.15) is 11.6 Å². The van der Waals surface area contributed by atoms with Gasteiger partial charge in [-0.15, -0.1) is 0 Å². The zero-order valence-electron chi connectivity index (χ0n) is 13.1. The highest BCUT2D eigenvalue weighted by molar-refractivity contribution is 5.56. The normalized spacial score (nSPS) is 17.0. The van der Waals surface area contributed by atoms with Crippen LogP contribution < -0.4 is 10.1 Å². The fraction of sp³-hybridized carbons (Fsp3) is 0.368. The molecule has 116 valence electrons. The van der Waals surface area contributed by atoms with Crippen molar-refractivity contribution in [3.63, 3.8) is 0 Å². The SMILES string of the molecule is CC(C)Oc1ccc2c(c1)CC(Cc1ccc(F)cc1)CN2. The lowest BCUT2D eigenvalue weighted by molar-refractivity contribution is 0.242. The lowest BCUT2D eigenvalue weighted by atomic mass is 9.89. The Kier molecular flexibility index (Phi) is 4.32. The highest BCUT2D eigenvalue weighted by atomic mass is 19.1. The molecule has 2 aromatic rings. The van der Waals surface area contributed by atoms with Gasteiger partial charge in [0.05, 0.1) is 6.10 Å². The minimum absolute atomic E-state index is 0.175. The van der Waals surface area contributed by atoms with Crippen molar-refractivity contribution in [2.45, 2.75) is 32.8 Å². The largest absolute Gasteiger partial charge is 0.491 e. The topological polar surface area (TPSA) is 21.3 Å². The number of ether oxygens (including phenoxy) is 1. The number of anilines is 1. The van der Waals surface area contributed by atoms with E-state index in [9.17, 15) is 4.39 Å². The van der Waals surface area contributed by atoms with E-state index in [-0.39, 0.29) is 11.9 Å². The predicted molar refractivity (Wildman–Crippen MR) is 88.0 cm³/mol. The van der Waals surface area contributed by atoms with E-state index >= 15 is 0 Å². The monoisotopic (exact) mass is 299 g/mol. The van der Waals surface area contributed by atoms with Crippen LogP contribution in [0.5, 0.6) is 5.75 Å². The van der Waals surface area contributed by atoms with Crippen molar-refractivity contribution in [1.82, 2.24) is 0 Å². The van der Waals surface area contributed by atoms with E-state index in [4.69, 9.17) is 4.74 Å². The van der Waals surface area contributed by atoms with Gasteiger partial charge in [0.15, 0.2) is 0 Å². The van der Waals surface area contributed by atoms with Gasteiger partial charge in [0.25, 0.3) is 0 Å². The molecule has 0 bridgehead atoms. The molecular formula is C19H22FNO. The Balaban J connectivity index is 1.70. The molecule has 1 aliphatic heterocycles. The van der Waals surface area contributed by atoms with Gasteiger partial charge in [-0.05, 0) is 74.1 Å². The van der Waals surface area contributed by atoms with Crippen LogP contribution in [0.25, 0.3) is 0 Å². The molecule has 1 heterocycles. The van der Waals surface area contributed by atoms with Gasteiger partial charge in [0.2, 0.25) is 0 Å². The molecule has 1 N–H and O–H groups in total. The fourth-order valence-corrected chi connectivity index (χ4v) is 2.99. The summed E-state index contributed by atoms with van der Waals surface area (Å²) in [5, 5.41) is 3.50. The second-order valence-electron chi connectivity index (χ2n) is 6.27. The third-order valence-corrected chi connectivity index (χ3v) is 3.98. The Morgan fingerprint density at radius 1 is 1.18 bits per heavy atom. The molecule has 0 fully saturated rings. The highest BCUT2D eigenvalue weighted by Gasteiger charge is 2.19. The maximum Gasteiger partial charge on any atom is 0.123 e. The van der Waals surface area contributed by atoms with Crippen LogP contribution in [0.2, 0.25) is 0 Å². The summed E-state index contributed by atoms with van der Waals surface area (Å²) in [6, 6.07) is 13.1. The van der Waals surface area contributed by atoms with Gasteiger partial charge in [-0.1, -0.05) is 12.1 Å². The highest BCUT2D eigenvalue weighted by Crippen LogP contribution is 2.30. The standard InChI is InChI=1S/C19H22FNO/c1-13(2)22-18-7-8-19-16(11-18)10-15(12-21-19)9-14-3-5-17(20)6-4-14/h3-8,11,13,15,21H,9-10,12H2,1-2H3. The van der Waals surface area contributed by atoms with Crippen LogP contribution in [0.1, 0.15) is 25.0 Å². The second-order valence-corrected chi connectivity index (χ2v) is 6.27. The average molecular weight is 299 g/mol. The third kappa shape index (κ3) is 3.59. The van der Waals surface area contributed by atoms with E-state index in [1.54, 1.807) is 0 Å². The van der Waals surface area contributed by atoms with Gasteiger partial charge in [0, 0.05) is 12.2 Å². The van der Waals surface area contributed by atoms with Crippen LogP contribution >= 0.6 is 0 Å². The first-order valence-electron chi connectivity index (χ1n) is 7.88. The van der Waals surface area contributed by atoms with Crippen LogP contribution in [0.4, 0.5) is 10.1 Å². The van der Waals surface area contributed by atoms with E-state index in [2.05, 4.69) is 17.4 Å². The van der Waals surface area contributed by atoms with E-state index in [0.29, 0.717) is 5.92 Å². The molecular weight excluding hydrogens is 277 g/mol. The van der Waals surface area contributed by atoms with Gasteiger partial charge in [-0.25, -0.2) is 4.39 Å². The Labute approximate surface area is 131 Å². The van der Waals surface area contributed by atoms with Crippen molar-refractivity contribution >= 4 is 5.69 Å². The number of fused-ring (bicyclic) bond motifs is 1. The van der Waals surface area contributed by atoms with Crippen LogP contribution in [0, 0.1) is 11.7 Å². The first-order chi connectivity index (χ1) is 10.6. The summed E-state index contributed by atoms with van der Waals surface area (Å²) in [6.45, 7) is 5.03. The van der Waals surface area contributed by atoms with Crippen molar-refractivity contribution < 1.29 is 9.13 Å². The Morgan fingerprint density at radius 2 is 1.95 bits per heavy atom. The second kappa shape index (κ2) is 6.39. The van der Waals surface area contributed by atoms with Crippen LogP contribution in [0.15, 0.2) is 42.5 Å². The predicted octanol–water partition coefficient (Wildman–Crippen LogP) is 4.44. The number of benzene rings is 2. The first-order valence-corrected chi connectivity index (χ1v) is 7.88. The van der Waals surface area contributed by atoms with Gasteiger partial charge < -0.3 is 10.1 Å². The summed E-state index contributed by atoms with van der Waals surface area (Å²) >= 11 is 0. The molecule has 0 saturated heterocycles. The Morgan fingerprint density at radius 3 is 2.68 bits per heavy atom. The van der Waals surface area contributed by atoms with E-state index in [1.165, 1.54) is 28.9 Å². The Hall–Kier alpha value is -2.03. The summed E-state index contributed by atoms with van der Waals surface area (Å²) in [6.07, 6.45) is 2.17. The molecule has 3 heteroatoms. The summed E-state index contributed by atoms with van der Waals surface area (Å²) in [7, 11) is 0. The van der Waals surface area contributed by atoms with Crippen molar-refractivity contribution in [3.05, 3.63) is 59.4 Å². The van der Waals surface area contributed by atoms with Crippen molar-refractivity contribution in [2.24, 2.45) is 5.92 Å². The maximum atomic E-state index is 13.0. The molecule has 22 heavy (non-hydrogen) atoms. The molecule has 1 aliphatic rings. The van der Waals surface area contributed by atoms with Crippen LogP contribution in [-0.4, -0.2) is 12.6 Å². The zero-order chi connectivity index (χ0) is 15.5. The maximum absolute atomic E-state index is 13.0. The van der Waals surface area contributed by atoms with Crippen LogP contribution in [-0.2, 0) is 12.8 Å². The summed E-state index contributed by atoms with van der Waals surface area (Å²) in [4.78, 5) is 0. The quantitative estimate of drug-likeness (QED) is 0.901. The smallest absolute Gasteiger partial charge is 0.123 e. The lowest BCUT2D eigenvalue weighted by Gasteiger charge is -2.27. The lowest BCUT2D eigenvalue weighted by Crippen LogP contribution is -2.25. The van der Waals surface area contributed by atoms with Crippen LogP contribution in [0.3, 0.4) is 0 Å². The van der Waals surface area contributed by atoms with Gasteiger partial charge in [-0.3, -0.25) is 0 Å². The molecule has 0 aromatic heterocycles. The molecule has 2 nitrogen and oxygen atoms in total. The number of halogens is 1. The average Bonchev–Trinajstić information content (AvgIpc) is 2.49. The van der Waals surface area contributed by atoms with Gasteiger partial charge in [-0.2, -0.15) is 0 Å². The molecule has 0 saturated carbocycles. The molecule has 2 aromatic carbocycles. The number of hydrogen-bond acceptors (Lipinski definition) is 2. The first kappa shape index (κ1) is 14.9. The number of hydrogen-bond donors (Lipinski definition) is 1. The van der Waals surface area contributed by atoms with Crippen molar-refractivity contribution in [2.75, 3.05) is 11.9 Å². The molecule has 1 unspecified atom stereocenters. The molecule has 0 amide bonds. The van der Waals surface area contributed by atoms with Crippen molar-refractivity contribution in [3.8, 4) is 5.75 Å². The molecule has 1 atom stereocenters. The number of rotatable bonds is 4. The summed E-state index contributed by atoms with van der Waals surface area (Å²) < 4.78 is 18.8. The number of nitrogens with one attached hydrogen (secondary N) is 1. The van der Waals surface area contributed by atoms with E-state index in [1.807, 2.05) is 32.0 Å². The van der Waals surface area contributed by atoms with Crippen molar-refractivity contribution in [1.29, 1.82) is 0 Å². The minimum Gasteiger partial charge on any atom is -0.491 e. The summed E-state index contributed by atoms with van der Waals surface area (Å²) in [5.74, 6) is 1.27. The molecule has 0 spiro atoms. The molecule has 0 radical (unpaired) electrons. The Bertz CT molecular complexity index is 636. The third-order valence-electron chi connectivity index (χ3n) is 3.98. The van der Waals surface area contributed by atoms with E-state index < -0.39 is 0 Å². The fourth-order valence-electron chi connectivity index (χ4n) is 2.99. The molecule has 0 aliphatic carbocycles. The molecule has 3 rings (SSSR count). The van der Waals surface area contributed by atoms with E-state index in [0.717, 1.165) is 25.1 Å². The summed E-state index contributed by atoms with van der Waals surface area (Å²) in [5.41, 5.74) is 3.69.